The summed E-state index contributed by atoms with van der Waals surface area (Å²) in [6, 6.07) is 0. The zero-order valence-corrected chi connectivity index (χ0v) is 17.0. The molecule has 0 saturated heterocycles. The van der Waals surface area contributed by atoms with Gasteiger partial charge < -0.3 is 10.2 Å². The molecule has 0 aliphatic heterocycles. The van der Waals surface area contributed by atoms with E-state index in [1.54, 1.807) is 6.08 Å². The van der Waals surface area contributed by atoms with Crippen molar-refractivity contribution in [3.63, 3.8) is 0 Å². The summed E-state index contributed by atoms with van der Waals surface area (Å²) in [5.41, 5.74) is 0. The van der Waals surface area contributed by atoms with Gasteiger partial charge in [-0.05, 0) is 25.7 Å². The summed E-state index contributed by atoms with van der Waals surface area (Å²) in [7, 11) is 0. The zero-order chi connectivity index (χ0) is 18.0. The number of carbonyl (C=O) groups is 1. The van der Waals surface area contributed by atoms with Crippen molar-refractivity contribution in [1.29, 1.82) is 0 Å². The second-order valence-electron chi connectivity index (χ2n) is 6.08. The van der Waals surface area contributed by atoms with Gasteiger partial charge in [0.2, 0.25) is 0 Å². The molecule has 0 spiro atoms. The molecule has 0 aliphatic rings. The van der Waals surface area contributed by atoms with Crippen LogP contribution in [0.25, 0.3) is 0 Å². The minimum atomic E-state index is -0.927. The van der Waals surface area contributed by atoms with Crippen molar-refractivity contribution >= 4 is 28.6 Å². The van der Waals surface area contributed by atoms with E-state index in [1.807, 2.05) is 12.2 Å². The van der Waals surface area contributed by atoms with E-state index < -0.39 is 5.97 Å². The van der Waals surface area contributed by atoms with Crippen LogP contribution in [-0.4, -0.2) is 26.2 Å². The molecule has 138 valence electrons. The summed E-state index contributed by atoms with van der Waals surface area (Å²) < 4.78 is 0.402. The molecular formula is C20H33IO3. The number of hydrogen-bond donors (Lipinski definition) is 2. The molecular weight excluding hydrogens is 415 g/mol. The van der Waals surface area contributed by atoms with Crippen LogP contribution >= 0.6 is 22.6 Å². The Hall–Kier alpha value is -0.620. The minimum absolute atomic E-state index is 0.147. The van der Waals surface area contributed by atoms with Gasteiger partial charge in [-0.25, -0.2) is 4.79 Å². The van der Waals surface area contributed by atoms with Gasteiger partial charge in [-0.15, -0.1) is 0 Å². The van der Waals surface area contributed by atoms with E-state index in [4.69, 9.17) is 5.11 Å². The van der Waals surface area contributed by atoms with E-state index >= 15 is 0 Å². The third kappa shape index (κ3) is 16.2. The number of aliphatic hydroxyl groups excluding tert-OH is 1. The Morgan fingerprint density at radius 3 is 2.33 bits per heavy atom. The van der Waals surface area contributed by atoms with Crippen LogP contribution in [0, 0.1) is 0 Å². The average molecular weight is 448 g/mol. The van der Waals surface area contributed by atoms with Gasteiger partial charge in [-0.2, -0.15) is 0 Å². The van der Waals surface area contributed by atoms with Crippen molar-refractivity contribution in [3.05, 3.63) is 36.5 Å². The van der Waals surface area contributed by atoms with Crippen LogP contribution in [0.3, 0.4) is 0 Å². The highest BCUT2D eigenvalue weighted by Crippen LogP contribution is 2.20. The smallest absolute Gasteiger partial charge is 0.328 e. The normalized spacial score (nSPS) is 14.8. The van der Waals surface area contributed by atoms with E-state index in [9.17, 15) is 9.90 Å². The lowest BCUT2D eigenvalue weighted by molar-refractivity contribution is -0.131. The number of carboxylic acids is 1. The molecule has 0 saturated carbocycles. The lowest BCUT2D eigenvalue weighted by atomic mass is 10.0. The summed E-state index contributed by atoms with van der Waals surface area (Å²) in [6.07, 6.45) is 21.6. The van der Waals surface area contributed by atoms with E-state index in [0.29, 0.717) is 3.92 Å². The summed E-state index contributed by atoms with van der Waals surface area (Å²) in [4.78, 5) is 10.2. The predicted octanol–water partition coefficient (Wildman–Crippen LogP) is 5.83. The SMILES string of the molecule is CCCCCC(I)C(O)CCCCCCC=CC=CC=CC(=O)O. The number of allylic oxidation sites excluding steroid dienone is 5. The lowest BCUT2D eigenvalue weighted by Gasteiger charge is -2.17. The van der Waals surface area contributed by atoms with Crippen molar-refractivity contribution in [2.24, 2.45) is 0 Å². The molecule has 2 N–H and O–H groups in total. The third-order valence-corrected chi connectivity index (χ3v) is 5.28. The van der Waals surface area contributed by atoms with Crippen LogP contribution in [0.15, 0.2) is 36.5 Å². The van der Waals surface area contributed by atoms with Gasteiger partial charge in [0.25, 0.3) is 0 Å². The maximum Gasteiger partial charge on any atom is 0.328 e. The number of rotatable bonds is 15. The molecule has 4 heteroatoms. The third-order valence-electron chi connectivity index (χ3n) is 3.83. The maximum atomic E-state index is 10.2. The van der Waals surface area contributed by atoms with Gasteiger partial charge in [0.15, 0.2) is 0 Å². The molecule has 0 aliphatic carbocycles. The quantitative estimate of drug-likeness (QED) is 0.109. The first kappa shape index (κ1) is 23.4. The van der Waals surface area contributed by atoms with Crippen molar-refractivity contribution in [1.82, 2.24) is 0 Å². The van der Waals surface area contributed by atoms with Crippen molar-refractivity contribution in [2.75, 3.05) is 0 Å². The molecule has 0 aromatic heterocycles. The maximum absolute atomic E-state index is 10.2. The van der Waals surface area contributed by atoms with E-state index in [2.05, 4.69) is 35.6 Å². The molecule has 24 heavy (non-hydrogen) atoms. The van der Waals surface area contributed by atoms with Gasteiger partial charge in [0.1, 0.15) is 0 Å². The van der Waals surface area contributed by atoms with Crippen molar-refractivity contribution < 1.29 is 15.0 Å². The molecule has 0 bridgehead atoms. The van der Waals surface area contributed by atoms with Crippen LogP contribution in [0.4, 0.5) is 0 Å². The molecule has 0 aromatic carbocycles. The molecule has 0 heterocycles. The Bertz CT molecular complexity index is 388. The Balaban J connectivity index is 3.51. The first-order valence-electron chi connectivity index (χ1n) is 9.12. The van der Waals surface area contributed by atoms with Crippen LogP contribution in [0.1, 0.15) is 71.1 Å². The van der Waals surface area contributed by atoms with Gasteiger partial charge in [0, 0.05) is 10.0 Å². The second-order valence-corrected chi connectivity index (χ2v) is 7.68. The van der Waals surface area contributed by atoms with Gasteiger partial charge in [-0.1, -0.05) is 98.4 Å². The first-order chi connectivity index (χ1) is 11.6. The predicted molar refractivity (Wildman–Crippen MR) is 111 cm³/mol. The number of halogens is 1. The van der Waals surface area contributed by atoms with Gasteiger partial charge >= 0.3 is 5.97 Å². The van der Waals surface area contributed by atoms with Crippen molar-refractivity contribution in [2.45, 2.75) is 81.2 Å². The fourth-order valence-corrected chi connectivity index (χ4v) is 3.17. The largest absolute Gasteiger partial charge is 0.478 e. The zero-order valence-electron chi connectivity index (χ0n) is 14.9. The number of unbranched alkanes of at least 4 members (excludes halogenated alkanes) is 6. The standard InChI is InChI=1S/C20H33IO3/c1-2-3-12-15-18(21)19(22)16-13-10-8-6-4-5-7-9-11-14-17-20(23)24/h5,7,9,11,14,17-19,22H,2-4,6,8,10,12-13,15-16H2,1H3,(H,23,24). The Morgan fingerprint density at radius 1 is 0.958 bits per heavy atom. The van der Waals surface area contributed by atoms with Crippen LogP contribution < -0.4 is 0 Å². The molecule has 0 rings (SSSR count). The molecule has 0 radical (unpaired) electrons. The summed E-state index contributed by atoms with van der Waals surface area (Å²) in [6.45, 7) is 2.21. The summed E-state index contributed by atoms with van der Waals surface area (Å²) >= 11 is 2.40. The van der Waals surface area contributed by atoms with E-state index in [1.165, 1.54) is 38.2 Å². The first-order valence-corrected chi connectivity index (χ1v) is 10.4. The molecule has 3 nitrogen and oxygen atoms in total. The van der Waals surface area contributed by atoms with Crippen molar-refractivity contribution in [3.8, 4) is 0 Å². The fraction of sp³-hybridized carbons (Fsp3) is 0.650. The molecule has 0 amide bonds. The molecule has 2 atom stereocenters. The van der Waals surface area contributed by atoms with Crippen LogP contribution in [0.5, 0.6) is 0 Å². The Kier molecular flexibility index (Phi) is 16.8. The van der Waals surface area contributed by atoms with E-state index in [0.717, 1.165) is 38.2 Å². The number of hydrogen-bond acceptors (Lipinski definition) is 2. The van der Waals surface area contributed by atoms with Crippen LogP contribution in [-0.2, 0) is 4.79 Å². The molecule has 0 aromatic rings. The van der Waals surface area contributed by atoms with Crippen LogP contribution in [0.2, 0.25) is 0 Å². The van der Waals surface area contributed by atoms with Gasteiger partial charge in [0.05, 0.1) is 6.10 Å². The monoisotopic (exact) mass is 448 g/mol. The molecule has 0 fully saturated rings. The Morgan fingerprint density at radius 2 is 1.62 bits per heavy atom. The minimum Gasteiger partial charge on any atom is -0.478 e. The Labute approximate surface area is 161 Å². The summed E-state index contributed by atoms with van der Waals surface area (Å²) in [5, 5.41) is 18.5. The average Bonchev–Trinajstić information content (AvgIpc) is 2.55. The topological polar surface area (TPSA) is 57.5 Å². The number of alkyl halides is 1. The molecule has 2 unspecified atom stereocenters. The highest BCUT2D eigenvalue weighted by Gasteiger charge is 2.14. The second kappa shape index (κ2) is 17.2. The van der Waals surface area contributed by atoms with Gasteiger partial charge in [-0.3, -0.25) is 0 Å². The highest BCUT2D eigenvalue weighted by molar-refractivity contribution is 14.1. The fourth-order valence-electron chi connectivity index (χ4n) is 2.37. The van der Waals surface area contributed by atoms with E-state index in [-0.39, 0.29) is 6.10 Å². The number of aliphatic carboxylic acids is 1. The summed E-state index contributed by atoms with van der Waals surface area (Å²) in [5.74, 6) is -0.927. The number of aliphatic hydroxyl groups is 1. The lowest BCUT2D eigenvalue weighted by Crippen LogP contribution is -2.20. The highest BCUT2D eigenvalue weighted by atomic mass is 127. The number of carboxylic acid groups (broad SMARTS) is 1.